The highest BCUT2D eigenvalue weighted by Gasteiger charge is 2.27. The molecule has 1 aromatic rings. The largest absolute Gasteiger partial charge is 0.480 e. The average molecular weight is 434 g/mol. The summed E-state index contributed by atoms with van der Waals surface area (Å²) in [7, 11) is 0. The van der Waals surface area contributed by atoms with Crippen LogP contribution in [-0.2, 0) is 16.1 Å². The van der Waals surface area contributed by atoms with Gasteiger partial charge in [0.15, 0.2) is 0 Å². The number of urea groups is 1. The van der Waals surface area contributed by atoms with Crippen molar-refractivity contribution < 1.29 is 19.5 Å². The minimum absolute atomic E-state index is 0.265. The first-order valence-electron chi connectivity index (χ1n) is 11.2. The van der Waals surface area contributed by atoms with Gasteiger partial charge in [0.2, 0.25) is 5.91 Å². The molecule has 1 aliphatic carbocycles. The standard InChI is InChI=1S/C22H35N5O4/c23-12-6-4-11-18(21(29)30)26-22(31)27-19(14-16-8-2-1-3-9-16)20(28)25-15-17-10-5-7-13-24-17/h5,7,10,13,16,18-19H,1-4,6,8-9,11-12,14-15,23H2,(H,25,28)(H,29,30)(H2,26,27,31)/t18-,19+/m0/s1. The minimum atomic E-state index is -1.10. The molecule has 2 atom stereocenters. The van der Waals surface area contributed by atoms with Crippen molar-refractivity contribution in [2.45, 2.75) is 76.4 Å². The van der Waals surface area contributed by atoms with Crippen LogP contribution in [0.5, 0.6) is 0 Å². The molecule has 1 aliphatic rings. The Morgan fingerprint density at radius 3 is 2.48 bits per heavy atom. The van der Waals surface area contributed by atoms with Crippen molar-refractivity contribution in [1.82, 2.24) is 20.9 Å². The van der Waals surface area contributed by atoms with E-state index in [9.17, 15) is 19.5 Å². The van der Waals surface area contributed by atoms with Crippen molar-refractivity contribution in [3.63, 3.8) is 0 Å². The van der Waals surface area contributed by atoms with Gasteiger partial charge in [-0.05, 0) is 50.3 Å². The molecule has 0 bridgehead atoms. The lowest BCUT2D eigenvalue weighted by molar-refractivity contribution is -0.139. The molecule has 0 radical (unpaired) electrons. The summed E-state index contributed by atoms with van der Waals surface area (Å²) in [4.78, 5) is 41.0. The van der Waals surface area contributed by atoms with E-state index in [1.54, 1.807) is 12.3 Å². The van der Waals surface area contributed by atoms with Crippen LogP contribution in [-0.4, -0.2) is 46.6 Å². The third-order valence-corrected chi connectivity index (χ3v) is 5.64. The molecule has 0 aromatic carbocycles. The molecule has 1 fully saturated rings. The smallest absolute Gasteiger partial charge is 0.326 e. The number of rotatable bonds is 12. The molecule has 9 nitrogen and oxygen atoms in total. The molecule has 1 heterocycles. The molecule has 6 N–H and O–H groups in total. The Hall–Kier alpha value is -2.68. The van der Waals surface area contributed by atoms with Crippen molar-refractivity contribution in [1.29, 1.82) is 0 Å². The second-order valence-corrected chi connectivity index (χ2v) is 8.12. The molecule has 0 spiro atoms. The number of hydrogen-bond acceptors (Lipinski definition) is 5. The molecule has 0 unspecified atom stereocenters. The highest BCUT2D eigenvalue weighted by molar-refractivity contribution is 5.88. The van der Waals surface area contributed by atoms with Crippen LogP contribution in [0.25, 0.3) is 0 Å². The molecule has 3 amide bonds. The molecule has 0 saturated heterocycles. The maximum atomic E-state index is 12.8. The van der Waals surface area contributed by atoms with Crippen molar-refractivity contribution in [2.75, 3.05) is 6.54 Å². The first kappa shape index (κ1) is 24.6. The number of hydrogen-bond donors (Lipinski definition) is 5. The fraction of sp³-hybridized carbons (Fsp3) is 0.636. The van der Waals surface area contributed by atoms with E-state index in [1.165, 1.54) is 6.42 Å². The van der Waals surface area contributed by atoms with Crippen molar-refractivity contribution in [2.24, 2.45) is 11.7 Å². The van der Waals surface area contributed by atoms with Crippen LogP contribution in [0.3, 0.4) is 0 Å². The normalized spacial score (nSPS) is 16.2. The number of unbranched alkanes of at least 4 members (excludes halogenated alkanes) is 1. The average Bonchev–Trinajstić information content (AvgIpc) is 2.77. The van der Waals surface area contributed by atoms with Gasteiger partial charge in [-0.2, -0.15) is 0 Å². The van der Waals surface area contributed by atoms with Gasteiger partial charge in [-0.25, -0.2) is 9.59 Å². The zero-order chi connectivity index (χ0) is 22.5. The predicted octanol–water partition coefficient (Wildman–Crippen LogP) is 1.92. The summed E-state index contributed by atoms with van der Waals surface area (Å²) in [5.41, 5.74) is 6.18. The van der Waals surface area contributed by atoms with E-state index in [1.807, 2.05) is 12.1 Å². The van der Waals surface area contributed by atoms with E-state index in [4.69, 9.17) is 5.73 Å². The van der Waals surface area contributed by atoms with Gasteiger partial charge in [-0.1, -0.05) is 38.2 Å². The van der Waals surface area contributed by atoms with E-state index in [-0.39, 0.29) is 12.5 Å². The lowest BCUT2D eigenvalue weighted by Gasteiger charge is -2.27. The maximum Gasteiger partial charge on any atom is 0.326 e. The number of carboxylic acid groups (broad SMARTS) is 1. The van der Waals surface area contributed by atoms with Crippen LogP contribution >= 0.6 is 0 Å². The molecule has 0 aliphatic heterocycles. The number of nitrogens with one attached hydrogen (secondary N) is 3. The molecule has 9 heteroatoms. The lowest BCUT2D eigenvalue weighted by atomic mass is 9.84. The van der Waals surface area contributed by atoms with E-state index in [0.717, 1.165) is 31.4 Å². The predicted molar refractivity (Wildman–Crippen MR) is 117 cm³/mol. The van der Waals surface area contributed by atoms with Gasteiger partial charge in [0.05, 0.1) is 12.2 Å². The van der Waals surface area contributed by atoms with Crippen LogP contribution in [0.1, 0.15) is 63.5 Å². The van der Waals surface area contributed by atoms with Gasteiger partial charge in [0, 0.05) is 6.20 Å². The van der Waals surface area contributed by atoms with Crippen LogP contribution in [0.2, 0.25) is 0 Å². The Morgan fingerprint density at radius 2 is 1.84 bits per heavy atom. The van der Waals surface area contributed by atoms with Gasteiger partial charge in [-0.3, -0.25) is 9.78 Å². The molecule has 31 heavy (non-hydrogen) atoms. The number of amides is 3. The summed E-state index contributed by atoms with van der Waals surface area (Å²) in [6.45, 7) is 0.736. The zero-order valence-corrected chi connectivity index (χ0v) is 18.0. The summed E-state index contributed by atoms with van der Waals surface area (Å²) >= 11 is 0. The molecular formula is C22H35N5O4. The zero-order valence-electron chi connectivity index (χ0n) is 18.0. The second-order valence-electron chi connectivity index (χ2n) is 8.12. The van der Waals surface area contributed by atoms with Crippen LogP contribution in [0.4, 0.5) is 4.79 Å². The monoisotopic (exact) mass is 433 g/mol. The van der Waals surface area contributed by atoms with E-state index in [2.05, 4.69) is 20.9 Å². The number of nitrogens with zero attached hydrogens (tertiary/aromatic N) is 1. The Morgan fingerprint density at radius 1 is 1.10 bits per heavy atom. The number of aromatic nitrogens is 1. The fourth-order valence-corrected chi connectivity index (χ4v) is 3.90. The number of carbonyl (C=O) groups is 3. The molecule has 1 aromatic heterocycles. The summed E-state index contributed by atoms with van der Waals surface area (Å²) in [6, 6.07) is 3.07. The lowest BCUT2D eigenvalue weighted by Crippen LogP contribution is -2.53. The highest BCUT2D eigenvalue weighted by Crippen LogP contribution is 2.27. The quantitative estimate of drug-likeness (QED) is 0.318. The number of carboxylic acids is 1. The van der Waals surface area contributed by atoms with Crippen LogP contribution in [0.15, 0.2) is 24.4 Å². The Kier molecular flexibility index (Phi) is 10.8. The highest BCUT2D eigenvalue weighted by atomic mass is 16.4. The first-order chi connectivity index (χ1) is 15.0. The molecular weight excluding hydrogens is 398 g/mol. The van der Waals surface area contributed by atoms with Crippen LogP contribution in [0, 0.1) is 5.92 Å². The number of carbonyl (C=O) groups excluding carboxylic acids is 2. The molecule has 2 rings (SSSR count). The van der Waals surface area contributed by atoms with E-state index in [0.29, 0.717) is 38.1 Å². The summed E-state index contributed by atoms with van der Waals surface area (Å²) < 4.78 is 0. The molecule has 1 saturated carbocycles. The van der Waals surface area contributed by atoms with E-state index >= 15 is 0 Å². The van der Waals surface area contributed by atoms with E-state index < -0.39 is 24.1 Å². The molecule has 172 valence electrons. The van der Waals surface area contributed by atoms with Crippen molar-refractivity contribution in [3.05, 3.63) is 30.1 Å². The topological polar surface area (TPSA) is 146 Å². The van der Waals surface area contributed by atoms with Gasteiger partial charge in [0.1, 0.15) is 12.1 Å². The van der Waals surface area contributed by atoms with Gasteiger partial charge < -0.3 is 26.8 Å². The van der Waals surface area contributed by atoms with Crippen molar-refractivity contribution >= 4 is 17.9 Å². The van der Waals surface area contributed by atoms with Gasteiger partial charge in [-0.15, -0.1) is 0 Å². The Labute approximate surface area is 183 Å². The Balaban J connectivity index is 1.96. The maximum absolute atomic E-state index is 12.8. The van der Waals surface area contributed by atoms with Gasteiger partial charge >= 0.3 is 12.0 Å². The minimum Gasteiger partial charge on any atom is -0.480 e. The summed E-state index contributed by atoms with van der Waals surface area (Å²) in [5.74, 6) is -1.03. The fourth-order valence-electron chi connectivity index (χ4n) is 3.90. The Bertz CT molecular complexity index is 694. The number of pyridine rings is 1. The summed E-state index contributed by atoms with van der Waals surface area (Å²) in [5, 5.41) is 17.4. The van der Waals surface area contributed by atoms with Gasteiger partial charge in [0.25, 0.3) is 0 Å². The third kappa shape index (κ3) is 9.33. The SMILES string of the molecule is NCCCC[C@H](NC(=O)N[C@H](CC1CCCCC1)C(=O)NCc1ccccn1)C(=O)O. The van der Waals surface area contributed by atoms with Crippen molar-refractivity contribution in [3.8, 4) is 0 Å². The first-order valence-corrected chi connectivity index (χ1v) is 11.2. The number of aliphatic carboxylic acids is 1. The third-order valence-electron chi connectivity index (χ3n) is 5.64. The van der Waals surface area contributed by atoms with Crippen LogP contribution < -0.4 is 21.7 Å². The second kappa shape index (κ2) is 13.6. The summed E-state index contributed by atoms with van der Waals surface area (Å²) in [6.07, 6.45) is 9.28. The number of nitrogens with two attached hydrogens (primary N) is 1.